The zero-order valence-electron chi connectivity index (χ0n) is 39.3. The molecule has 0 aromatic rings. The lowest BCUT2D eigenvalue weighted by Crippen LogP contribution is -2.53. The Labute approximate surface area is 376 Å². The number of carboxylic acid groups (broad SMARTS) is 1. The maximum atomic E-state index is 13.3. The summed E-state index contributed by atoms with van der Waals surface area (Å²) in [5.41, 5.74) is 5.56. The van der Waals surface area contributed by atoms with Gasteiger partial charge in [-0.1, -0.05) is 141 Å². The molecule has 1 rings (SSSR count). The predicted molar refractivity (Wildman–Crippen MR) is 255 cm³/mol. The molecule has 0 aliphatic carbocycles. The van der Waals surface area contributed by atoms with Crippen LogP contribution in [0.5, 0.6) is 0 Å². The van der Waals surface area contributed by atoms with Crippen LogP contribution in [0.15, 0.2) is 29.3 Å². The van der Waals surface area contributed by atoms with E-state index in [4.69, 9.17) is 10.8 Å². The molecule has 1 heterocycles. The maximum Gasteiger partial charge on any atom is 0.321 e. The summed E-state index contributed by atoms with van der Waals surface area (Å²) < 4.78 is 0. The maximum absolute atomic E-state index is 13.3. The summed E-state index contributed by atoms with van der Waals surface area (Å²) in [4.78, 5) is 68.7. The molecule has 1 aliphatic heterocycles. The fourth-order valence-corrected chi connectivity index (χ4v) is 7.71. The Hall–Kier alpha value is -3.54. The Morgan fingerprint density at radius 1 is 0.661 bits per heavy atom. The first-order chi connectivity index (χ1) is 30.2. The lowest BCUT2D eigenvalue weighted by atomic mass is 10.1. The van der Waals surface area contributed by atoms with Gasteiger partial charge in [0.2, 0.25) is 23.6 Å². The molecular weight excluding hydrogens is 781 g/mol. The van der Waals surface area contributed by atoms with Crippen LogP contribution in [-0.2, 0) is 24.0 Å². The van der Waals surface area contributed by atoms with Crippen LogP contribution in [0.2, 0.25) is 0 Å². The van der Waals surface area contributed by atoms with Crippen molar-refractivity contribution in [1.82, 2.24) is 20.9 Å². The third kappa shape index (κ3) is 32.2. The summed E-state index contributed by atoms with van der Waals surface area (Å²) in [5, 5.41) is 17.6. The van der Waals surface area contributed by atoms with Crippen molar-refractivity contribution in [3.05, 3.63) is 24.3 Å². The van der Waals surface area contributed by atoms with Crippen molar-refractivity contribution in [2.24, 2.45) is 10.7 Å². The number of likely N-dealkylation sites (tertiary alicyclic amines) is 1. The highest BCUT2D eigenvalue weighted by Crippen LogP contribution is 2.18. The highest BCUT2D eigenvalue weighted by Gasteiger charge is 2.29. The van der Waals surface area contributed by atoms with Gasteiger partial charge in [-0.3, -0.25) is 29.0 Å². The van der Waals surface area contributed by atoms with E-state index in [9.17, 15) is 24.0 Å². The van der Waals surface area contributed by atoms with Crippen LogP contribution in [-0.4, -0.2) is 90.1 Å². The highest BCUT2D eigenvalue weighted by atomic mass is 16.4. The molecule has 0 bridgehead atoms. The van der Waals surface area contributed by atoms with E-state index < -0.39 is 18.1 Å². The van der Waals surface area contributed by atoms with E-state index in [1.165, 1.54) is 96.3 Å². The van der Waals surface area contributed by atoms with Crippen LogP contribution in [0.1, 0.15) is 213 Å². The van der Waals surface area contributed by atoms with Crippen molar-refractivity contribution >= 4 is 35.8 Å². The average Bonchev–Trinajstić information content (AvgIpc) is 3.73. The van der Waals surface area contributed by atoms with Crippen molar-refractivity contribution in [3.8, 4) is 0 Å². The number of carbonyl (C=O) groups is 5. The minimum absolute atomic E-state index is 0.00868. The number of hydrogen-bond donors (Lipinski definition) is 5. The van der Waals surface area contributed by atoms with Gasteiger partial charge < -0.3 is 31.7 Å². The quantitative estimate of drug-likeness (QED) is 0.0230. The van der Waals surface area contributed by atoms with Crippen LogP contribution in [0, 0.1) is 0 Å². The smallest absolute Gasteiger partial charge is 0.321 e. The molecule has 6 N–H and O–H groups in total. The number of nitrogens with two attached hydrogens (primary N) is 1. The fraction of sp³-hybridized carbons (Fsp3) is 0.800. The van der Waals surface area contributed by atoms with Gasteiger partial charge in [0.05, 0.1) is 19.0 Å². The molecule has 3 unspecified atom stereocenters. The second-order valence-electron chi connectivity index (χ2n) is 17.4. The Kier molecular flexibility index (Phi) is 36.7. The lowest BCUT2D eigenvalue weighted by molar-refractivity contribution is -0.142. The van der Waals surface area contributed by atoms with Crippen LogP contribution in [0.25, 0.3) is 0 Å². The van der Waals surface area contributed by atoms with Gasteiger partial charge in [0.15, 0.2) is 0 Å². The Morgan fingerprint density at radius 3 is 1.63 bits per heavy atom. The number of nitrogens with zero attached hydrogens (tertiary/aromatic N) is 2. The Morgan fingerprint density at radius 2 is 1.13 bits per heavy atom. The zero-order chi connectivity index (χ0) is 45.3. The number of carboxylic acids is 1. The molecule has 1 fully saturated rings. The zero-order valence-corrected chi connectivity index (χ0v) is 39.3. The first-order valence-electron chi connectivity index (χ1n) is 25.1. The summed E-state index contributed by atoms with van der Waals surface area (Å²) in [7, 11) is 0. The number of unbranched alkanes of at least 4 members (excludes halogenated alkanes) is 22. The van der Waals surface area contributed by atoms with Gasteiger partial charge in [-0.05, 0) is 77.0 Å². The van der Waals surface area contributed by atoms with Crippen molar-refractivity contribution in [1.29, 1.82) is 0 Å². The molecule has 12 nitrogen and oxygen atoms in total. The van der Waals surface area contributed by atoms with E-state index in [1.807, 2.05) is 0 Å². The first-order valence-corrected chi connectivity index (χ1v) is 25.1. The van der Waals surface area contributed by atoms with Gasteiger partial charge in [-0.25, -0.2) is 0 Å². The molecule has 0 radical (unpaired) electrons. The van der Waals surface area contributed by atoms with E-state index in [1.54, 1.807) is 11.1 Å². The molecule has 1 saturated heterocycles. The van der Waals surface area contributed by atoms with Gasteiger partial charge >= 0.3 is 5.97 Å². The van der Waals surface area contributed by atoms with Gasteiger partial charge in [-0.2, -0.15) is 0 Å². The van der Waals surface area contributed by atoms with Crippen LogP contribution >= 0.6 is 0 Å². The minimum atomic E-state index is -1.25. The van der Waals surface area contributed by atoms with E-state index in [2.05, 4.69) is 59.1 Å². The van der Waals surface area contributed by atoms with Gasteiger partial charge in [-0.15, -0.1) is 0 Å². The minimum Gasteiger partial charge on any atom is -0.480 e. The van der Waals surface area contributed by atoms with E-state index >= 15 is 0 Å². The largest absolute Gasteiger partial charge is 0.480 e. The van der Waals surface area contributed by atoms with E-state index in [0.29, 0.717) is 25.8 Å². The molecule has 0 aromatic carbocycles. The first kappa shape index (κ1) is 56.5. The monoisotopic (exact) mass is 871 g/mol. The number of hydrogen-bond acceptors (Lipinski definition) is 7. The van der Waals surface area contributed by atoms with Gasteiger partial charge in [0, 0.05) is 38.7 Å². The fourth-order valence-electron chi connectivity index (χ4n) is 7.71. The molecule has 356 valence electrons. The van der Waals surface area contributed by atoms with Gasteiger partial charge in [0.1, 0.15) is 12.1 Å². The predicted octanol–water partition coefficient (Wildman–Crippen LogP) is 9.64. The second kappa shape index (κ2) is 40.2. The number of rotatable bonds is 41. The Bertz CT molecular complexity index is 1270. The van der Waals surface area contributed by atoms with Gasteiger partial charge in [0.25, 0.3) is 0 Å². The molecule has 0 saturated carbocycles. The third-order valence-electron chi connectivity index (χ3n) is 11.6. The van der Waals surface area contributed by atoms with Crippen molar-refractivity contribution in [3.63, 3.8) is 0 Å². The summed E-state index contributed by atoms with van der Waals surface area (Å²) in [6.07, 6.45) is 43.6. The molecular formula is C50H90N6O6. The molecule has 12 heteroatoms. The number of aliphatic carboxylic acids is 1. The molecule has 62 heavy (non-hydrogen) atoms. The van der Waals surface area contributed by atoms with Crippen molar-refractivity contribution in [2.75, 3.05) is 26.2 Å². The normalized spacial score (nSPS) is 15.1. The average molecular weight is 871 g/mol. The topological polar surface area (TPSA) is 183 Å². The van der Waals surface area contributed by atoms with Crippen LogP contribution in [0.3, 0.4) is 0 Å². The van der Waals surface area contributed by atoms with E-state index in [-0.39, 0.29) is 55.7 Å². The molecule has 4 amide bonds. The summed E-state index contributed by atoms with van der Waals surface area (Å²) in [5.74, 6) is -2.26. The van der Waals surface area contributed by atoms with Crippen LogP contribution < -0.4 is 21.7 Å². The molecule has 3 atom stereocenters. The molecule has 0 aromatic heterocycles. The number of amides is 4. The molecule has 0 spiro atoms. The SMILES string of the molecule is CCCCCCCC/C=C/CCCCCCCC(=O)NCC(NC(=O)CCCCCCC/C=C/CCCCCCCC)C(=O)NCCN=CC1CCCN1C(=O)CC(N)C(=O)O. The highest BCUT2D eigenvalue weighted by molar-refractivity contribution is 5.89. The number of aliphatic imine (C=N–C) groups is 1. The summed E-state index contributed by atoms with van der Waals surface area (Å²) in [6, 6.07) is -2.41. The standard InChI is InChI=1S/C50H90N6O6/c1-3-5-7-9-11-13-15-17-19-21-23-25-27-29-31-35-46(57)54-42-45(55-47(58)36-32-30-28-26-24-22-20-18-16-14-12-10-8-6-4-2)49(60)53-38-37-52-41-43-34-33-39-56(43)48(59)40-44(51)50(61)62/h17-20,41,43-45H,3-16,21-40,42,51H2,1-2H3,(H,53,60)(H,54,57)(H,55,58)(H,61,62)/b19-17+,20-18+,52-41?. The third-order valence-corrected chi connectivity index (χ3v) is 11.6. The number of allylic oxidation sites excluding steroid dienone is 4. The number of nitrogens with one attached hydrogen (secondary N) is 3. The lowest BCUT2D eigenvalue weighted by Gasteiger charge is -2.22. The Balaban J connectivity index is 2.46. The van der Waals surface area contributed by atoms with Crippen LogP contribution in [0.4, 0.5) is 0 Å². The second-order valence-corrected chi connectivity index (χ2v) is 17.4. The number of carbonyl (C=O) groups excluding carboxylic acids is 4. The summed E-state index contributed by atoms with van der Waals surface area (Å²) in [6.45, 7) is 5.49. The summed E-state index contributed by atoms with van der Waals surface area (Å²) >= 11 is 0. The van der Waals surface area contributed by atoms with Crippen molar-refractivity contribution < 1.29 is 29.1 Å². The molecule has 1 aliphatic rings. The van der Waals surface area contributed by atoms with Crippen molar-refractivity contribution in [2.45, 2.75) is 231 Å². The van der Waals surface area contributed by atoms with E-state index in [0.717, 1.165) is 77.0 Å².